The molecule has 0 radical (unpaired) electrons. The lowest BCUT2D eigenvalue weighted by molar-refractivity contribution is -0.147. The SMILES string of the molecule is O=C(COC(=O)CNC(=O)c1ccc2ccccc2c1)NCc1ccc(Cl)cc1. The Bertz CT molecular complexity index is 1030. The van der Waals surface area contributed by atoms with Gasteiger partial charge in [-0.25, -0.2) is 0 Å². The van der Waals surface area contributed by atoms with E-state index in [0.29, 0.717) is 17.1 Å². The highest BCUT2D eigenvalue weighted by Gasteiger charge is 2.11. The Hall–Kier alpha value is -3.38. The van der Waals surface area contributed by atoms with Crippen LogP contribution in [0.25, 0.3) is 10.8 Å². The number of esters is 1. The number of carbonyl (C=O) groups is 3. The van der Waals surface area contributed by atoms with Gasteiger partial charge in [0.05, 0.1) is 0 Å². The third-order valence-electron chi connectivity index (χ3n) is 4.17. The summed E-state index contributed by atoms with van der Waals surface area (Å²) in [5.74, 6) is -1.52. The largest absolute Gasteiger partial charge is 0.454 e. The van der Waals surface area contributed by atoms with Gasteiger partial charge in [0.2, 0.25) is 0 Å². The van der Waals surface area contributed by atoms with E-state index in [-0.39, 0.29) is 12.5 Å². The molecule has 7 heteroatoms. The smallest absolute Gasteiger partial charge is 0.325 e. The predicted molar refractivity (Wildman–Crippen MR) is 111 cm³/mol. The Morgan fingerprint density at radius 3 is 2.34 bits per heavy atom. The van der Waals surface area contributed by atoms with Gasteiger partial charge in [-0.2, -0.15) is 0 Å². The normalized spacial score (nSPS) is 10.4. The van der Waals surface area contributed by atoms with Crippen molar-refractivity contribution in [1.29, 1.82) is 0 Å². The molecule has 0 saturated heterocycles. The first-order valence-corrected chi connectivity index (χ1v) is 9.33. The Balaban J connectivity index is 1.40. The Kier molecular flexibility index (Phi) is 6.81. The maximum absolute atomic E-state index is 12.2. The Morgan fingerprint density at radius 2 is 1.59 bits per heavy atom. The molecule has 6 nitrogen and oxygen atoms in total. The summed E-state index contributed by atoms with van der Waals surface area (Å²) in [7, 11) is 0. The van der Waals surface area contributed by atoms with Crippen LogP contribution in [0.3, 0.4) is 0 Å². The number of rotatable bonds is 7. The monoisotopic (exact) mass is 410 g/mol. The molecule has 0 heterocycles. The number of ether oxygens (including phenoxy) is 1. The Labute approximate surface area is 172 Å². The van der Waals surface area contributed by atoms with Gasteiger partial charge in [0.25, 0.3) is 11.8 Å². The summed E-state index contributed by atoms with van der Waals surface area (Å²) >= 11 is 5.80. The number of halogens is 1. The first-order valence-electron chi connectivity index (χ1n) is 8.95. The summed E-state index contributed by atoms with van der Waals surface area (Å²) < 4.78 is 4.88. The molecular formula is C22H19ClN2O4. The summed E-state index contributed by atoms with van der Waals surface area (Å²) in [6, 6.07) is 20.0. The maximum atomic E-state index is 12.2. The number of benzene rings is 3. The molecule has 2 amide bonds. The molecule has 0 aliphatic heterocycles. The van der Waals surface area contributed by atoms with Crippen LogP contribution < -0.4 is 10.6 Å². The van der Waals surface area contributed by atoms with Crippen LogP contribution in [0.15, 0.2) is 66.7 Å². The van der Waals surface area contributed by atoms with E-state index in [1.165, 1.54) is 0 Å². The third-order valence-corrected chi connectivity index (χ3v) is 4.42. The van der Waals surface area contributed by atoms with Crippen molar-refractivity contribution in [2.24, 2.45) is 0 Å². The van der Waals surface area contributed by atoms with Crippen LogP contribution in [-0.2, 0) is 20.9 Å². The van der Waals surface area contributed by atoms with Gasteiger partial charge in [0, 0.05) is 17.1 Å². The zero-order chi connectivity index (χ0) is 20.6. The predicted octanol–water partition coefficient (Wildman–Crippen LogP) is 3.08. The molecule has 0 saturated carbocycles. The molecule has 3 aromatic carbocycles. The second-order valence-electron chi connectivity index (χ2n) is 6.31. The van der Waals surface area contributed by atoms with E-state index in [2.05, 4.69) is 10.6 Å². The van der Waals surface area contributed by atoms with E-state index in [0.717, 1.165) is 16.3 Å². The fraction of sp³-hybridized carbons (Fsp3) is 0.136. The lowest BCUT2D eigenvalue weighted by Gasteiger charge is -2.08. The van der Waals surface area contributed by atoms with Crippen LogP contribution in [0.1, 0.15) is 15.9 Å². The fourth-order valence-corrected chi connectivity index (χ4v) is 2.76. The number of fused-ring (bicyclic) bond motifs is 1. The average Bonchev–Trinajstić information content (AvgIpc) is 2.75. The molecule has 0 spiro atoms. The number of hydrogen-bond donors (Lipinski definition) is 2. The molecule has 0 fully saturated rings. The van der Waals surface area contributed by atoms with Crippen LogP contribution in [0.5, 0.6) is 0 Å². The molecule has 148 valence electrons. The minimum atomic E-state index is -0.694. The molecule has 0 aliphatic rings. The van der Waals surface area contributed by atoms with E-state index >= 15 is 0 Å². The second kappa shape index (κ2) is 9.71. The van der Waals surface area contributed by atoms with Gasteiger partial charge in [-0.15, -0.1) is 0 Å². The molecule has 29 heavy (non-hydrogen) atoms. The van der Waals surface area contributed by atoms with E-state index in [9.17, 15) is 14.4 Å². The van der Waals surface area contributed by atoms with Crippen molar-refractivity contribution in [3.63, 3.8) is 0 Å². The molecule has 2 N–H and O–H groups in total. The quantitative estimate of drug-likeness (QED) is 0.586. The minimum Gasteiger partial charge on any atom is -0.454 e. The van der Waals surface area contributed by atoms with Crippen molar-refractivity contribution in [2.75, 3.05) is 13.2 Å². The van der Waals surface area contributed by atoms with Crippen LogP contribution in [0.2, 0.25) is 5.02 Å². The molecule has 3 aromatic rings. The number of hydrogen-bond acceptors (Lipinski definition) is 4. The maximum Gasteiger partial charge on any atom is 0.325 e. The molecule has 0 atom stereocenters. The summed E-state index contributed by atoms with van der Waals surface area (Å²) in [4.78, 5) is 35.8. The van der Waals surface area contributed by atoms with Gasteiger partial charge in [0.15, 0.2) is 6.61 Å². The van der Waals surface area contributed by atoms with E-state index in [4.69, 9.17) is 16.3 Å². The molecular weight excluding hydrogens is 392 g/mol. The van der Waals surface area contributed by atoms with Gasteiger partial charge in [-0.3, -0.25) is 14.4 Å². The van der Waals surface area contributed by atoms with Crippen molar-refractivity contribution in [3.8, 4) is 0 Å². The fourth-order valence-electron chi connectivity index (χ4n) is 2.64. The number of carbonyl (C=O) groups excluding carboxylic acids is 3. The number of nitrogens with one attached hydrogen (secondary N) is 2. The first-order chi connectivity index (χ1) is 14.0. The van der Waals surface area contributed by atoms with E-state index < -0.39 is 18.5 Å². The van der Waals surface area contributed by atoms with Crippen molar-refractivity contribution in [3.05, 3.63) is 82.9 Å². The van der Waals surface area contributed by atoms with Crippen molar-refractivity contribution < 1.29 is 19.1 Å². The minimum absolute atomic E-state index is 0.298. The zero-order valence-corrected chi connectivity index (χ0v) is 16.2. The van der Waals surface area contributed by atoms with Crippen molar-refractivity contribution in [2.45, 2.75) is 6.54 Å². The highest BCUT2D eigenvalue weighted by Crippen LogP contribution is 2.15. The van der Waals surface area contributed by atoms with Gasteiger partial charge >= 0.3 is 5.97 Å². The summed E-state index contributed by atoms with van der Waals surface area (Å²) in [6.07, 6.45) is 0. The van der Waals surface area contributed by atoms with Crippen LogP contribution in [0, 0.1) is 0 Å². The van der Waals surface area contributed by atoms with Gasteiger partial charge < -0.3 is 15.4 Å². The summed E-state index contributed by atoms with van der Waals surface area (Å²) in [5.41, 5.74) is 1.31. The van der Waals surface area contributed by atoms with Crippen molar-refractivity contribution in [1.82, 2.24) is 10.6 Å². The van der Waals surface area contributed by atoms with Crippen LogP contribution >= 0.6 is 11.6 Å². The van der Waals surface area contributed by atoms with Gasteiger partial charge in [-0.1, -0.05) is 54.1 Å². The van der Waals surface area contributed by atoms with E-state index in [1.807, 2.05) is 30.3 Å². The van der Waals surface area contributed by atoms with Gasteiger partial charge in [0.1, 0.15) is 6.54 Å². The Morgan fingerprint density at radius 1 is 0.862 bits per heavy atom. The second-order valence-corrected chi connectivity index (χ2v) is 6.74. The van der Waals surface area contributed by atoms with Crippen molar-refractivity contribution >= 4 is 40.2 Å². The highest BCUT2D eigenvalue weighted by atomic mass is 35.5. The van der Waals surface area contributed by atoms with Gasteiger partial charge in [-0.05, 0) is 40.6 Å². The molecule has 3 rings (SSSR count). The topological polar surface area (TPSA) is 84.5 Å². The average molecular weight is 411 g/mol. The summed E-state index contributed by atoms with van der Waals surface area (Å²) in [6.45, 7) is -0.444. The van der Waals surface area contributed by atoms with E-state index in [1.54, 1.807) is 36.4 Å². The zero-order valence-electron chi connectivity index (χ0n) is 15.5. The molecule has 0 unspecified atom stereocenters. The molecule has 0 aliphatic carbocycles. The molecule has 0 bridgehead atoms. The van der Waals surface area contributed by atoms with Crippen LogP contribution in [-0.4, -0.2) is 30.9 Å². The summed E-state index contributed by atoms with van der Waals surface area (Å²) in [5, 5.41) is 7.69. The lowest BCUT2D eigenvalue weighted by atomic mass is 10.1. The third kappa shape index (κ3) is 6.05. The standard InChI is InChI=1S/C22H19ClN2O4/c23-19-9-5-15(6-10-19)12-24-20(26)14-29-21(27)13-25-22(28)18-8-7-16-3-1-2-4-17(16)11-18/h1-11H,12-14H2,(H,24,26)(H,25,28). The molecule has 0 aromatic heterocycles. The van der Waals surface area contributed by atoms with Crippen LogP contribution in [0.4, 0.5) is 0 Å². The lowest BCUT2D eigenvalue weighted by Crippen LogP contribution is -2.33. The number of amides is 2. The first kappa shape index (κ1) is 20.4. The highest BCUT2D eigenvalue weighted by molar-refractivity contribution is 6.30.